The zero-order chi connectivity index (χ0) is 13.7. The number of nitrogens with one attached hydrogen (secondary N) is 1. The predicted octanol–water partition coefficient (Wildman–Crippen LogP) is 3.53. The van der Waals surface area contributed by atoms with E-state index in [2.05, 4.69) is 18.3 Å². The molecule has 0 spiro atoms. The van der Waals surface area contributed by atoms with Crippen molar-refractivity contribution in [1.82, 2.24) is 0 Å². The van der Waals surface area contributed by atoms with Gasteiger partial charge in [0.25, 0.3) is 0 Å². The Balaban J connectivity index is 2.02. The number of halogens is 1. The van der Waals surface area contributed by atoms with Crippen molar-refractivity contribution in [2.24, 2.45) is 0 Å². The molecule has 0 aromatic heterocycles. The molecule has 0 aliphatic carbocycles. The third kappa shape index (κ3) is 3.55. The second-order valence-electron chi connectivity index (χ2n) is 4.46. The summed E-state index contributed by atoms with van der Waals surface area (Å²) in [7, 11) is 0. The van der Waals surface area contributed by atoms with E-state index in [1.54, 1.807) is 12.1 Å². The maximum atomic E-state index is 13.1. The summed E-state index contributed by atoms with van der Waals surface area (Å²) in [5, 5.41) is 13.3. The average molecular weight is 259 g/mol. The molecule has 0 saturated carbocycles. The van der Waals surface area contributed by atoms with E-state index < -0.39 is 6.10 Å². The third-order valence-corrected chi connectivity index (χ3v) is 3.12. The quantitative estimate of drug-likeness (QED) is 0.861. The third-order valence-electron chi connectivity index (χ3n) is 3.12. The number of benzene rings is 2. The molecule has 2 nitrogen and oxygen atoms in total. The smallest absolute Gasteiger partial charge is 0.123 e. The first kappa shape index (κ1) is 13.6. The van der Waals surface area contributed by atoms with Crippen LogP contribution in [0.2, 0.25) is 0 Å². The van der Waals surface area contributed by atoms with Gasteiger partial charge in [-0.3, -0.25) is 0 Å². The van der Waals surface area contributed by atoms with E-state index in [0.29, 0.717) is 12.1 Å². The standard InChI is InChI=1S/C16H18FNO/c1-2-12-6-3-4-9-15(12)18-11-16(19)13-7-5-8-14(17)10-13/h3-10,16,18-19H,2,11H2,1H3. The normalized spacial score (nSPS) is 12.2. The molecule has 0 aliphatic heterocycles. The molecule has 2 N–H and O–H groups in total. The molecule has 2 aromatic rings. The molecular weight excluding hydrogens is 241 g/mol. The lowest BCUT2D eigenvalue weighted by Gasteiger charge is -2.15. The summed E-state index contributed by atoms with van der Waals surface area (Å²) in [4.78, 5) is 0. The van der Waals surface area contributed by atoms with E-state index >= 15 is 0 Å². The van der Waals surface area contributed by atoms with E-state index in [0.717, 1.165) is 12.1 Å². The molecule has 100 valence electrons. The Morgan fingerprint density at radius 2 is 1.95 bits per heavy atom. The van der Waals surface area contributed by atoms with Crippen molar-refractivity contribution in [2.75, 3.05) is 11.9 Å². The summed E-state index contributed by atoms with van der Waals surface area (Å²) in [6, 6.07) is 14.0. The average Bonchev–Trinajstić information content (AvgIpc) is 2.45. The molecule has 0 saturated heterocycles. The fourth-order valence-electron chi connectivity index (χ4n) is 2.04. The van der Waals surface area contributed by atoms with E-state index in [4.69, 9.17) is 0 Å². The molecule has 0 fully saturated rings. The minimum atomic E-state index is -0.722. The molecule has 2 aromatic carbocycles. The van der Waals surface area contributed by atoms with Crippen LogP contribution in [0.3, 0.4) is 0 Å². The molecule has 0 aliphatic rings. The molecule has 0 heterocycles. The number of aliphatic hydroxyl groups excluding tert-OH is 1. The minimum absolute atomic E-state index is 0.328. The number of aryl methyl sites for hydroxylation is 1. The Bertz CT molecular complexity index is 542. The van der Waals surface area contributed by atoms with E-state index in [-0.39, 0.29) is 5.82 Å². The Morgan fingerprint density at radius 1 is 1.16 bits per heavy atom. The lowest BCUT2D eigenvalue weighted by Crippen LogP contribution is -2.13. The highest BCUT2D eigenvalue weighted by molar-refractivity contribution is 5.51. The Hall–Kier alpha value is -1.87. The minimum Gasteiger partial charge on any atom is -0.387 e. The summed E-state index contributed by atoms with van der Waals surface area (Å²) in [6.07, 6.45) is 0.208. The monoisotopic (exact) mass is 259 g/mol. The number of aliphatic hydroxyl groups is 1. The van der Waals surface area contributed by atoms with Gasteiger partial charge in [-0.15, -0.1) is 0 Å². The van der Waals surface area contributed by atoms with Crippen LogP contribution in [0.4, 0.5) is 10.1 Å². The van der Waals surface area contributed by atoms with Crippen LogP contribution in [-0.4, -0.2) is 11.7 Å². The summed E-state index contributed by atoms with van der Waals surface area (Å²) in [6.45, 7) is 2.45. The van der Waals surface area contributed by atoms with Gasteiger partial charge in [-0.25, -0.2) is 4.39 Å². The van der Waals surface area contributed by atoms with Gasteiger partial charge in [0, 0.05) is 12.2 Å². The van der Waals surface area contributed by atoms with Crippen LogP contribution in [0.5, 0.6) is 0 Å². The lowest BCUT2D eigenvalue weighted by atomic mass is 10.1. The fourth-order valence-corrected chi connectivity index (χ4v) is 2.04. The van der Waals surface area contributed by atoms with Gasteiger partial charge < -0.3 is 10.4 Å². The maximum absolute atomic E-state index is 13.1. The van der Waals surface area contributed by atoms with Gasteiger partial charge in [-0.05, 0) is 35.7 Å². The van der Waals surface area contributed by atoms with Crippen molar-refractivity contribution in [3.05, 3.63) is 65.5 Å². The van der Waals surface area contributed by atoms with Gasteiger partial charge >= 0.3 is 0 Å². The summed E-state index contributed by atoms with van der Waals surface area (Å²) < 4.78 is 13.1. The second kappa shape index (κ2) is 6.34. The van der Waals surface area contributed by atoms with Gasteiger partial charge in [-0.2, -0.15) is 0 Å². The Labute approximate surface area is 112 Å². The summed E-state index contributed by atoms with van der Waals surface area (Å²) in [5.41, 5.74) is 2.80. The number of para-hydroxylation sites is 1. The molecular formula is C16H18FNO. The SMILES string of the molecule is CCc1ccccc1NCC(O)c1cccc(F)c1. The van der Waals surface area contributed by atoms with Crippen LogP contribution in [0.1, 0.15) is 24.2 Å². The van der Waals surface area contributed by atoms with E-state index in [1.165, 1.54) is 17.7 Å². The van der Waals surface area contributed by atoms with Crippen molar-refractivity contribution >= 4 is 5.69 Å². The van der Waals surface area contributed by atoms with Crippen molar-refractivity contribution in [3.8, 4) is 0 Å². The molecule has 3 heteroatoms. The van der Waals surface area contributed by atoms with Crippen LogP contribution in [-0.2, 0) is 6.42 Å². The van der Waals surface area contributed by atoms with Gasteiger partial charge in [0.2, 0.25) is 0 Å². The van der Waals surface area contributed by atoms with Crippen molar-refractivity contribution in [2.45, 2.75) is 19.4 Å². The Kier molecular flexibility index (Phi) is 4.53. The summed E-state index contributed by atoms with van der Waals surface area (Å²) >= 11 is 0. The highest BCUT2D eigenvalue weighted by atomic mass is 19.1. The first-order chi connectivity index (χ1) is 9.20. The molecule has 0 radical (unpaired) electrons. The number of rotatable bonds is 5. The molecule has 0 bridgehead atoms. The van der Waals surface area contributed by atoms with Gasteiger partial charge in [0.15, 0.2) is 0 Å². The van der Waals surface area contributed by atoms with Crippen LogP contribution in [0.25, 0.3) is 0 Å². The highest BCUT2D eigenvalue weighted by Gasteiger charge is 2.08. The largest absolute Gasteiger partial charge is 0.387 e. The fraction of sp³-hybridized carbons (Fsp3) is 0.250. The van der Waals surface area contributed by atoms with Crippen molar-refractivity contribution < 1.29 is 9.50 Å². The number of hydrogen-bond donors (Lipinski definition) is 2. The number of anilines is 1. The van der Waals surface area contributed by atoms with Crippen molar-refractivity contribution in [3.63, 3.8) is 0 Å². The molecule has 1 unspecified atom stereocenters. The first-order valence-electron chi connectivity index (χ1n) is 6.46. The van der Waals surface area contributed by atoms with Gasteiger partial charge in [0.05, 0.1) is 6.10 Å². The summed E-state index contributed by atoms with van der Waals surface area (Å²) in [5.74, 6) is -0.328. The molecule has 19 heavy (non-hydrogen) atoms. The first-order valence-corrected chi connectivity index (χ1v) is 6.46. The zero-order valence-electron chi connectivity index (χ0n) is 10.9. The van der Waals surface area contributed by atoms with Crippen LogP contribution in [0.15, 0.2) is 48.5 Å². The van der Waals surface area contributed by atoms with E-state index in [9.17, 15) is 9.50 Å². The highest BCUT2D eigenvalue weighted by Crippen LogP contribution is 2.18. The van der Waals surface area contributed by atoms with Crippen LogP contribution < -0.4 is 5.32 Å². The molecule has 0 amide bonds. The Morgan fingerprint density at radius 3 is 2.68 bits per heavy atom. The van der Waals surface area contributed by atoms with Gasteiger partial charge in [0.1, 0.15) is 5.82 Å². The topological polar surface area (TPSA) is 32.3 Å². The zero-order valence-corrected chi connectivity index (χ0v) is 10.9. The molecule has 1 atom stereocenters. The predicted molar refractivity (Wildman–Crippen MR) is 75.7 cm³/mol. The number of hydrogen-bond acceptors (Lipinski definition) is 2. The lowest BCUT2D eigenvalue weighted by molar-refractivity contribution is 0.191. The van der Waals surface area contributed by atoms with Crippen molar-refractivity contribution in [1.29, 1.82) is 0 Å². The van der Waals surface area contributed by atoms with Gasteiger partial charge in [-0.1, -0.05) is 37.3 Å². The van der Waals surface area contributed by atoms with Crippen LogP contribution in [0, 0.1) is 5.82 Å². The van der Waals surface area contributed by atoms with E-state index in [1.807, 2.05) is 18.2 Å². The second-order valence-corrected chi connectivity index (χ2v) is 4.46. The van der Waals surface area contributed by atoms with Crippen LogP contribution >= 0.6 is 0 Å². The maximum Gasteiger partial charge on any atom is 0.123 e. The molecule has 2 rings (SSSR count).